The highest BCUT2D eigenvalue weighted by molar-refractivity contribution is 5.75. The smallest absolute Gasteiger partial charge is 0.253 e. The van der Waals surface area contributed by atoms with E-state index in [9.17, 15) is 9.59 Å². The number of nitrogens with one attached hydrogen (secondary N) is 1. The molecule has 20 heavy (non-hydrogen) atoms. The number of carbonyl (C=O) groups excluding carboxylic acids is 1. The first-order chi connectivity index (χ1) is 9.69. The lowest BCUT2D eigenvalue weighted by atomic mass is 10.2. The summed E-state index contributed by atoms with van der Waals surface area (Å²) in [7, 11) is 0. The molecule has 2 rings (SSSR count). The van der Waals surface area contributed by atoms with Crippen LogP contribution in [0.4, 0.5) is 0 Å². The lowest BCUT2D eigenvalue weighted by Gasteiger charge is -2.11. The molecule has 0 aliphatic carbocycles. The van der Waals surface area contributed by atoms with Gasteiger partial charge in [-0.1, -0.05) is 13.3 Å². The lowest BCUT2D eigenvalue weighted by Crippen LogP contribution is -2.36. The normalized spacial score (nSPS) is 18.1. The molecule has 110 valence electrons. The van der Waals surface area contributed by atoms with Crippen molar-refractivity contribution in [3.8, 4) is 0 Å². The van der Waals surface area contributed by atoms with Crippen LogP contribution in [0.15, 0.2) is 17.2 Å². The minimum Gasteiger partial charge on any atom is -0.376 e. The predicted octanol–water partition coefficient (Wildman–Crippen LogP) is 0.491. The molecule has 1 aromatic heterocycles. The molecule has 6 nitrogen and oxygen atoms in total. The van der Waals surface area contributed by atoms with E-state index >= 15 is 0 Å². The summed E-state index contributed by atoms with van der Waals surface area (Å²) in [5, 5.41) is 2.79. The summed E-state index contributed by atoms with van der Waals surface area (Å²) < 4.78 is 6.75. The molecular formula is C14H21N3O3. The van der Waals surface area contributed by atoms with E-state index in [0.717, 1.165) is 38.0 Å². The van der Waals surface area contributed by atoms with Crippen molar-refractivity contribution in [1.29, 1.82) is 0 Å². The number of amides is 1. The van der Waals surface area contributed by atoms with Gasteiger partial charge >= 0.3 is 0 Å². The highest BCUT2D eigenvalue weighted by Crippen LogP contribution is 2.10. The maximum atomic E-state index is 11.8. The fourth-order valence-corrected chi connectivity index (χ4v) is 2.22. The molecule has 0 bridgehead atoms. The summed E-state index contributed by atoms with van der Waals surface area (Å²) >= 11 is 0. The number of aryl methyl sites for hydroxylation is 1. The maximum absolute atomic E-state index is 11.8. The van der Waals surface area contributed by atoms with Crippen LogP contribution in [0.5, 0.6) is 0 Å². The molecule has 6 heteroatoms. The van der Waals surface area contributed by atoms with Gasteiger partial charge in [0.1, 0.15) is 6.54 Å². The van der Waals surface area contributed by atoms with Gasteiger partial charge in [0.25, 0.3) is 5.56 Å². The van der Waals surface area contributed by atoms with Crippen LogP contribution in [0.25, 0.3) is 0 Å². The Morgan fingerprint density at radius 1 is 1.60 bits per heavy atom. The molecule has 1 aliphatic heterocycles. The maximum Gasteiger partial charge on any atom is 0.253 e. The van der Waals surface area contributed by atoms with Crippen LogP contribution in [0.3, 0.4) is 0 Å². The monoisotopic (exact) mass is 279 g/mol. The van der Waals surface area contributed by atoms with Crippen molar-refractivity contribution >= 4 is 5.91 Å². The molecule has 0 saturated carbocycles. The summed E-state index contributed by atoms with van der Waals surface area (Å²) in [4.78, 5) is 27.8. The van der Waals surface area contributed by atoms with Gasteiger partial charge in [-0.2, -0.15) is 0 Å². The number of carbonyl (C=O) groups is 1. The van der Waals surface area contributed by atoms with Crippen molar-refractivity contribution < 1.29 is 9.53 Å². The van der Waals surface area contributed by atoms with Crippen molar-refractivity contribution in [3.05, 3.63) is 28.4 Å². The van der Waals surface area contributed by atoms with Crippen LogP contribution in [-0.2, 0) is 22.5 Å². The molecule has 1 saturated heterocycles. The van der Waals surface area contributed by atoms with Crippen LogP contribution in [0.1, 0.15) is 31.9 Å². The van der Waals surface area contributed by atoms with Crippen LogP contribution in [0, 0.1) is 0 Å². The summed E-state index contributed by atoms with van der Waals surface area (Å²) in [6.45, 7) is 3.31. The van der Waals surface area contributed by atoms with Gasteiger partial charge in [0, 0.05) is 24.9 Å². The summed E-state index contributed by atoms with van der Waals surface area (Å²) in [5.74, 6) is -0.187. The lowest BCUT2D eigenvalue weighted by molar-refractivity contribution is -0.122. The number of rotatable bonds is 6. The van der Waals surface area contributed by atoms with Crippen LogP contribution < -0.4 is 10.9 Å². The van der Waals surface area contributed by atoms with Crippen molar-refractivity contribution in [1.82, 2.24) is 14.9 Å². The van der Waals surface area contributed by atoms with Gasteiger partial charge in [-0.25, -0.2) is 4.98 Å². The summed E-state index contributed by atoms with van der Waals surface area (Å²) in [6.07, 6.45) is 5.30. The van der Waals surface area contributed by atoms with Gasteiger partial charge in [-0.05, 0) is 19.3 Å². The Morgan fingerprint density at radius 2 is 2.45 bits per heavy atom. The Labute approximate surface area is 118 Å². The van der Waals surface area contributed by atoms with E-state index in [-0.39, 0.29) is 24.1 Å². The molecule has 1 amide bonds. The molecule has 0 radical (unpaired) electrons. The van der Waals surface area contributed by atoms with Gasteiger partial charge in [-0.15, -0.1) is 0 Å². The number of aromatic nitrogens is 2. The summed E-state index contributed by atoms with van der Waals surface area (Å²) in [6, 6.07) is 1.50. The third-order valence-corrected chi connectivity index (χ3v) is 3.31. The van der Waals surface area contributed by atoms with Crippen molar-refractivity contribution in [2.75, 3.05) is 13.2 Å². The minimum atomic E-state index is -0.187. The van der Waals surface area contributed by atoms with Crippen molar-refractivity contribution in [2.24, 2.45) is 0 Å². The van der Waals surface area contributed by atoms with Gasteiger partial charge in [0.15, 0.2) is 0 Å². The molecule has 1 aliphatic rings. The SMILES string of the molecule is CCCc1cc(=O)n(CC(=O)NC[C@@H]2CCCO2)cn1. The Balaban J connectivity index is 1.85. The van der Waals surface area contributed by atoms with Crippen molar-refractivity contribution in [3.63, 3.8) is 0 Å². The molecular weight excluding hydrogens is 258 g/mol. The predicted molar refractivity (Wildman–Crippen MR) is 74.5 cm³/mol. The largest absolute Gasteiger partial charge is 0.376 e. The standard InChI is InChI=1S/C14H21N3O3/c1-2-4-11-7-14(19)17(10-16-11)9-13(18)15-8-12-5-3-6-20-12/h7,10,12H,2-6,8-9H2,1H3,(H,15,18)/t12-/m0/s1. The van der Waals surface area contributed by atoms with Gasteiger partial charge < -0.3 is 10.1 Å². The number of ether oxygens (including phenoxy) is 1. The number of hydrogen-bond acceptors (Lipinski definition) is 4. The van der Waals surface area contributed by atoms with E-state index in [0.29, 0.717) is 6.54 Å². The molecule has 0 spiro atoms. The molecule has 1 N–H and O–H groups in total. The van der Waals surface area contributed by atoms with E-state index in [4.69, 9.17) is 4.74 Å². The second-order valence-electron chi connectivity index (χ2n) is 5.04. The topological polar surface area (TPSA) is 73.2 Å². The molecule has 1 atom stereocenters. The first-order valence-electron chi connectivity index (χ1n) is 7.12. The average molecular weight is 279 g/mol. The Kier molecular flexibility index (Phi) is 5.29. The Hall–Kier alpha value is -1.69. The third kappa shape index (κ3) is 4.16. The third-order valence-electron chi connectivity index (χ3n) is 3.31. The second-order valence-corrected chi connectivity index (χ2v) is 5.04. The first kappa shape index (κ1) is 14.7. The van der Waals surface area contributed by atoms with Crippen LogP contribution >= 0.6 is 0 Å². The fraction of sp³-hybridized carbons (Fsp3) is 0.643. The first-order valence-corrected chi connectivity index (χ1v) is 7.12. The quantitative estimate of drug-likeness (QED) is 0.822. The van der Waals surface area contributed by atoms with Gasteiger partial charge in [0.05, 0.1) is 12.4 Å². The second kappa shape index (κ2) is 7.19. The van der Waals surface area contributed by atoms with E-state index in [1.807, 2.05) is 6.92 Å². The van der Waals surface area contributed by atoms with Crippen molar-refractivity contribution in [2.45, 2.75) is 45.3 Å². The minimum absolute atomic E-state index is 0.00492. The molecule has 0 aromatic carbocycles. The number of nitrogens with zero attached hydrogens (tertiary/aromatic N) is 2. The zero-order chi connectivity index (χ0) is 14.4. The fourth-order valence-electron chi connectivity index (χ4n) is 2.22. The highest BCUT2D eigenvalue weighted by atomic mass is 16.5. The molecule has 1 fully saturated rings. The molecule has 1 aromatic rings. The number of hydrogen-bond donors (Lipinski definition) is 1. The zero-order valence-corrected chi connectivity index (χ0v) is 11.8. The highest BCUT2D eigenvalue weighted by Gasteiger charge is 2.16. The summed E-state index contributed by atoms with van der Waals surface area (Å²) in [5.41, 5.74) is 0.587. The Morgan fingerprint density at radius 3 is 3.10 bits per heavy atom. The van der Waals surface area contributed by atoms with E-state index in [2.05, 4.69) is 10.3 Å². The van der Waals surface area contributed by atoms with Crippen LogP contribution in [0.2, 0.25) is 0 Å². The Bertz CT molecular complexity index is 507. The van der Waals surface area contributed by atoms with E-state index in [1.54, 1.807) is 0 Å². The van der Waals surface area contributed by atoms with Crippen LogP contribution in [-0.4, -0.2) is 34.7 Å². The van der Waals surface area contributed by atoms with Gasteiger partial charge in [0.2, 0.25) is 5.91 Å². The van der Waals surface area contributed by atoms with E-state index < -0.39 is 0 Å². The average Bonchev–Trinajstić information content (AvgIpc) is 2.93. The van der Waals surface area contributed by atoms with E-state index in [1.165, 1.54) is 17.0 Å². The zero-order valence-electron chi connectivity index (χ0n) is 11.8. The molecule has 0 unspecified atom stereocenters. The molecule has 2 heterocycles. The van der Waals surface area contributed by atoms with Gasteiger partial charge in [-0.3, -0.25) is 14.2 Å².